The molecule has 0 radical (unpaired) electrons. The van der Waals surface area contributed by atoms with E-state index in [4.69, 9.17) is 29.4 Å². The number of benzene rings is 1. The minimum Gasteiger partial charge on any atom is -0.487 e. The van der Waals surface area contributed by atoms with Crippen LogP contribution in [-0.2, 0) is 9.47 Å². The van der Waals surface area contributed by atoms with Crippen molar-refractivity contribution in [1.29, 1.82) is 0 Å². The summed E-state index contributed by atoms with van der Waals surface area (Å²) in [5, 5.41) is 0.795. The summed E-state index contributed by atoms with van der Waals surface area (Å²) in [5.41, 5.74) is 6.73. The van der Waals surface area contributed by atoms with E-state index in [1.54, 1.807) is 14.2 Å². The average molecular weight is 391 g/mol. The summed E-state index contributed by atoms with van der Waals surface area (Å²) in [5.74, 6) is 1.77. The smallest absolute Gasteiger partial charge is 0.224 e. The molecule has 1 aromatic heterocycles. The maximum absolute atomic E-state index is 6.19. The van der Waals surface area contributed by atoms with Gasteiger partial charge in [-0.05, 0) is 31.7 Å². The average Bonchev–Trinajstić information content (AvgIpc) is 2.70. The molecular weight excluding hydrogens is 362 g/mol. The minimum absolute atomic E-state index is 0.119. The van der Waals surface area contributed by atoms with E-state index in [9.17, 15) is 0 Å². The summed E-state index contributed by atoms with van der Waals surface area (Å²) >= 11 is 0. The van der Waals surface area contributed by atoms with Crippen molar-refractivity contribution in [2.24, 2.45) is 5.73 Å². The molecule has 28 heavy (non-hydrogen) atoms. The van der Waals surface area contributed by atoms with Crippen LogP contribution in [-0.4, -0.2) is 62.8 Å². The summed E-state index contributed by atoms with van der Waals surface area (Å²) in [7, 11) is 3.27. The van der Waals surface area contributed by atoms with E-state index in [-0.39, 0.29) is 12.1 Å². The summed E-state index contributed by atoms with van der Waals surface area (Å²) in [6.07, 6.45) is 5.43. The number of rotatable bonds is 10. The van der Waals surface area contributed by atoms with Crippen LogP contribution in [0.2, 0.25) is 0 Å². The van der Waals surface area contributed by atoms with Crippen molar-refractivity contribution in [1.82, 2.24) is 9.97 Å². The standard InChI is InChI=1S/C20H29N3O5/c1-24-7-9-26-18-11-16-17(12-19(18)27-10-8-25-2)22-13-23-20(16)28-15-5-3-14(21)4-6-15/h11-15H,3-10,21H2,1-2H3. The zero-order valence-electron chi connectivity index (χ0n) is 16.6. The van der Waals surface area contributed by atoms with Gasteiger partial charge in [0.05, 0.1) is 24.1 Å². The van der Waals surface area contributed by atoms with E-state index in [2.05, 4.69) is 9.97 Å². The molecule has 0 atom stereocenters. The molecule has 0 bridgehead atoms. The Bertz CT molecular complexity index is 750. The fraction of sp³-hybridized carbons (Fsp3) is 0.600. The highest BCUT2D eigenvalue weighted by Gasteiger charge is 2.22. The van der Waals surface area contributed by atoms with Crippen LogP contribution < -0.4 is 19.9 Å². The van der Waals surface area contributed by atoms with Gasteiger partial charge < -0.3 is 29.4 Å². The van der Waals surface area contributed by atoms with E-state index in [0.717, 1.165) is 36.6 Å². The monoisotopic (exact) mass is 391 g/mol. The Kier molecular flexibility index (Phi) is 7.64. The Morgan fingerprint density at radius 1 is 0.893 bits per heavy atom. The van der Waals surface area contributed by atoms with Gasteiger partial charge in [0, 0.05) is 26.3 Å². The van der Waals surface area contributed by atoms with Gasteiger partial charge in [-0.15, -0.1) is 0 Å². The normalized spacial score (nSPS) is 19.5. The van der Waals surface area contributed by atoms with E-state index in [1.807, 2.05) is 12.1 Å². The molecule has 1 aliphatic rings. The third kappa shape index (κ3) is 5.43. The number of methoxy groups -OCH3 is 2. The van der Waals surface area contributed by atoms with Crippen LogP contribution in [0.3, 0.4) is 0 Å². The number of aromatic nitrogens is 2. The van der Waals surface area contributed by atoms with Crippen molar-refractivity contribution < 1.29 is 23.7 Å². The number of hydrogen-bond acceptors (Lipinski definition) is 8. The van der Waals surface area contributed by atoms with Crippen molar-refractivity contribution in [3.63, 3.8) is 0 Å². The maximum Gasteiger partial charge on any atom is 0.224 e. The topological polar surface area (TPSA) is 98.0 Å². The quantitative estimate of drug-likeness (QED) is 0.616. The molecule has 0 spiro atoms. The predicted molar refractivity (Wildman–Crippen MR) is 105 cm³/mol. The maximum atomic E-state index is 6.19. The molecule has 8 nitrogen and oxygen atoms in total. The molecule has 0 aliphatic heterocycles. The first-order valence-electron chi connectivity index (χ1n) is 9.65. The van der Waals surface area contributed by atoms with Crippen LogP contribution in [0.15, 0.2) is 18.5 Å². The number of fused-ring (bicyclic) bond motifs is 1. The van der Waals surface area contributed by atoms with Gasteiger partial charge in [-0.25, -0.2) is 9.97 Å². The molecule has 1 saturated carbocycles. The van der Waals surface area contributed by atoms with Gasteiger partial charge in [-0.1, -0.05) is 0 Å². The van der Waals surface area contributed by atoms with Gasteiger partial charge in [-0.2, -0.15) is 0 Å². The highest BCUT2D eigenvalue weighted by molar-refractivity contribution is 5.86. The molecular formula is C20H29N3O5. The second-order valence-corrected chi connectivity index (χ2v) is 6.83. The molecule has 3 rings (SSSR count). The first-order chi connectivity index (χ1) is 13.7. The lowest BCUT2D eigenvalue weighted by molar-refractivity contribution is 0.132. The van der Waals surface area contributed by atoms with Gasteiger partial charge in [-0.3, -0.25) is 0 Å². The molecule has 154 valence electrons. The lowest BCUT2D eigenvalue weighted by Crippen LogP contribution is -2.31. The Morgan fingerprint density at radius 3 is 2.18 bits per heavy atom. The summed E-state index contributed by atoms with van der Waals surface area (Å²) in [6.45, 7) is 1.79. The van der Waals surface area contributed by atoms with Gasteiger partial charge in [0.1, 0.15) is 25.6 Å². The third-order valence-electron chi connectivity index (χ3n) is 4.75. The van der Waals surface area contributed by atoms with Crippen LogP contribution in [0.4, 0.5) is 0 Å². The number of nitrogens with zero attached hydrogens (tertiary/aromatic N) is 2. The predicted octanol–water partition coefficient (Wildman–Crippen LogP) is 2.33. The number of ether oxygens (including phenoxy) is 5. The Hall–Kier alpha value is -2.16. The minimum atomic E-state index is 0.119. The highest BCUT2D eigenvalue weighted by Crippen LogP contribution is 2.36. The zero-order valence-corrected chi connectivity index (χ0v) is 16.6. The lowest BCUT2D eigenvalue weighted by Gasteiger charge is -2.26. The largest absolute Gasteiger partial charge is 0.487 e. The van der Waals surface area contributed by atoms with Gasteiger partial charge in [0.2, 0.25) is 5.88 Å². The summed E-state index contributed by atoms with van der Waals surface area (Å²) in [4.78, 5) is 8.73. The number of nitrogens with two attached hydrogens (primary N) is 1. The lowest BCUT2D eigenvalue weighted by atomic mass is 9.94. The van der Waals surface area contributed by atoms with E-state index in [0.29, 0.717) is 43.8 Å². The van der Waals surface area contributed by atoms with Crippen molar-refractivity contribution in [3.8, 4) is 17.4 Å². The van der Waals surface area contributed by atoms with E-state index >= 15 is 0 Å². The van der Waals surface area contributed by atoms with E-state index < -0.39 is 0 Å². The molecule has 8 heteroatoms. The number of hydrogen-bond donors (Lipinski definition) is 1. The molecule has 2 N–H and O–H groups in total. The van der Waals surface area contributed by atoms with Gasteiger partial charge in [0.15, 0.2) is 11.5 Å². The molecule has 1 aliphatic carbocycles. The molecule has 1 heterocycles. The van der Waals surface area contributed by atoms with Gasteiger partial charge in [0.25, 0.3) is 0 Å². The molecule has 1 fully saturated rings. The van der Waals surface area contributed by atoms with Crippen LogP contribution in [0.1, 0.15) is 25.7 Å². The van der Waals surface area contributed by atoms with Crippen LogP contribution >= 0.6 is 0 Å². The fourth-order valence-corrected chi connectivity index (χ4v) is 3.19. The second-order valence-electron chi connectivity index (χ2n) is 6.83. The Morgan fingerprint density at radius 2 is 1.54 bits per heavy atom. The molecule has 2 aromatic rings. The molecule has 0 amide bonds. The third-order valence-corrected chi connectivity index (χ3v) is 4.75. The van der Waals surface area contributed by atoms with Crippen molar-refractivity contribution in [3.05, 3.63) is 18.5 Å². The zero-order chi connectivity index (χ0) is 19.8. The Labute approximate surface area is 165 Å². The highest BCUT2D eigenvalue weighted by atomic mass is 16.5. The Balaban J connectivity index is 1.84. The SMILES string of the molecule is COCCOc1cc2ncnc(OC3CCC(N)CC3)c2cc1OCCOC. The molecule has 1 aromatic carbocycles. The molecule has 0 saturated heterocycles. The van der Waals surface area contributed by atoms with Crippen LogP contribution in [0.5, 0.6) is 17.4 Å². The van der Waals surface area contributed by atoms with Crippen molar-refractivity contribution >= 4 is 10.9 Å². The first kappa shape index (κ1) is 20.6. The first-order valence-corrected chi connectivity index (χ1v) is 9.65. The fourth-order valence-electron chi connectivity index (χ4n) is 3.19. The second kappa shape index (κ2) is 10.4. The van der Waals surface area contributed by atoms with Crippen LogP contribution in [0, 0.1) is 0 Å². The van der Waals surface area contributed by atoms with Gasteiger partial charge >= 0.3 is 0 Å². The van der Waals surface area contributed by atoms with E-state index in [1.165, 1.54) is 6.33 Å². The van der Waals surface area contributed by atoms with Crippen LogP contribution in [0.25, 0.3) is 10.9 Å². The summed E-state index contributed by atoms with van der Waals surface area (Å²) < 4.78 is 28.0. The molecule has 0 unspecified atom stereocenters. The summed E-state index contributed by atoms with van der Waals surface area (Å²) in [6, 6.07) is 3.99. The van der Waals surface area contributed by atoms with Crippen molar-refractivity contribution in [2.45, 2.75) is 37.8 Å². The van der Waals surface area contributed by atoms with Crippen molar-refractivity contribution in [2.75, 3.05) is 40.6 Å².